The highest BCUT2D eigenvalue weighted by molar-refractivity contribution is 5.75. The van der Waals surface area contributed by atoms with E-state index in [4.69, 9.17) is 4.74 Å². The van der Waals surface area contributed by atoms with E-state index in [-0.39, 0.29) is 0 Å². The first-order valence-corrected chi connectivity index (χ1v) is 3.68. The van der Waals surface area contributed by atoms with Crippen molar-refractivity contribution in [1.29, 1.82) is 0 Å². The van der Waals surface area contributed by atoms with Crippen LogP contribution in [0.1, 0.15) is 0 Å². The first-order valence-electron chi connectivity index (χ1n) is 3.68. The molecule has 0 spiro atoms. The van der Waals surface area contributed by atoms with E-state index in [1.54, 1.807) is 20.5 Å². The molecule has 1 N–H and O–H groups in total. The van der Waals surface area contributed by atoms with Gasteiger partial charge in [0.2, 0.25) is 0 Å². The quantitative estimate of drug-likeness (QED) is 0.545. The minimum atomic E-state index is 0.856. The Bertz CT molecular complexity index is 254. The molecule has 0 unspecified atom stereocenters. The smallest absolute Gasteiger partial charge is 0.119 e. The molecule has 0 aliphatic rings. The van der Waals surface area contributed by atoms with Crippen LogP contribution in [0.25, 0.3) is 0 Å². The van der Waals surface area contributed by atoms with Crippen LogP contribution < -0.4 is 10.1 Å². The molecule has 0 saturated heterocycles. The van der Waals surface area contributed by atoms with Crippen molar-refractivity contribution in [3.8, 4) is 5.75 Å². The monoisotopic (exact) mass is 164 g/mol. The topological polar surface area (TPSA) is 33.6 Å². The first kappa shape index (κ1) is 8.59. The van der Waals surface area contributed by atoms with Gasteiger partial charge in [0.15, 0.2) is 0 Å². The molecule has 3 heteroatoms. The Morgan fingerprint density at radius 1 is 1.33 bits per heavy atom. The van der Waals surface area contributed by atoms with Gasteiger partial charge in [-0.1, -0.05) is 0 Å². The lowest BCUT2D eigenvalue weighted by Gasteiger charge is -2.01. The van der Waals surface area contributed by atoms with Gasteiger partial charge in [0.05, 0.1) is 13.4 Å². The lowest BCUT2D eigenvalue weighted by Crippen LogP contribution is -1.93. The Labute approximate surface area is 72.1 Å². The first-order chi connectivity index (χ1) is 5.86. The zero-order valence-corrected chi connectivity index (χ0v) is 7.24. The Hall–Kier alpha value is -1.51. The van der Waals surface area contributed by atoms with Gasteiger partial charge in [-0.05, 0) is 24.3 Å². The van der Waals surface area contributed by atoms with Crippen LogP contribution in [0.2, 0.25) is 0 Å². The second kappa shape index (κ2) is 4.38. The molecule has 0 bridgehead atoms. The summed E-state index contributed by atoms with van der Waals surface area (Å²) in [6, 6.07) is 7.65. The fraction of sp³-hybridized carbons (Fsp3) is 0.222. The van der Waals surface area contributed by atoms with Gasteiger partial charge in [-0.25, -0.2) is 0 Å². The fourth-order valence-corrected chi connectivity index (χ4v) is 0.826. The summed E-state index contributed by atoms with van der Waals surface area (Å²) in [4.78, 5) is 3.81. The molecule has 0 amide bonds. The van der Waals surface area contributed by atoms with Crippen LogP contribution in [0.15, 0.2) is 29.3 Å². The number of hydrogen-bond donors (Lipinski definition) is 1. The predicted molar refractivity (Wildman–Crippen MR) is 51.0 cm³/mol. The van der Waals surface area contributed by atoms with E-state index in [1.807, 2.05) is 24.3 Å². The van der Waals surface area contributed by atoms with Crippen LogP contribution in [-0.2, 0) is 0 Å². The molecule has 1 aromatic carbocycles. The Morgan fingerprint density at radius 2 is 2.00 bits per heavy atom. The van der Waals surface area contributed by atoms with Crippen molar-refractivity contribution >= 4 is 12.0 Å². The zero-order chi connectivity index (χ0) is 8.81. The number of ether oxygens (including phenoxy) is 1. The van der Waals surface area contributed by atoms with Gasteiger partial charge in [0.1, 0.15) is 5.75 Å². The normalized spacial score (nSPS) is 10.2. The molecule has 1 rings (SSSR count). The fourth-order valence-electron chi connectivity index (χ4n) is 0.826. The molecular formula is C9H12N2O. The predicted octanol–water partition coefficient (Wildman–Crippen LogP) is 1.77. The van der Waals surface area contributed by atoms with Gasteiger partial charge >= 0.3 is 0 Å². The van der Waals surface area contributed by atoms with Crippen molar-refractivity contribution < 1.29 is 4.74 Å². The van der Waals surface area contributed by atoms with Crippen molar-refractivity contribution in [3.63, 3.8) is 0 Å². The summed E-state index contributed by atoms with van der Waals surface area (Å²) < 4.78 is 5.01. The maximum absolute atomic E-state index is 5.01. The van der Waals surface area contributed by atoms with Crippen LogP contribution in [0.4, 0.5) is 5.69 Å². The van der Waals surface area contributed by atoms with E-state index in [0.717, 1.165) is 11.4 Å². The number of methoxy groups -OCH3 is 1. The van der Waals surface area contributed by atoms with Crippen molar-refractivity contribution in [2.24, 2.45) is 4.99 Å². The summed E-state index contributed by atoms with van der Waals surface area (Å²) >= 11 is 0. The molecule has 3 nitrogen and oxygen atoms in total. The number of hydrogen-bond acceptors (Lipinski definition) is 2. The summed E-state index contributed by atoms with van der Waals surface area (Å²) in [5.41, 5.74) is 1.00. The molecule has 0 aliphatic carbocycles. The average molecular weight is 164 g/mol. The second-order valence-corrected chi connectivity index (χ2v) is 2.26. The van der Waals surface area contributed by atoms with Gasteiger partial charge in [0, 0.05) is 12.7 Å². The number of benzene rings is 1. The maximum Gasteiger partial charge on any atom is 0.119 e. The Balaban J connectivity index is 2.64. The third-order valence-electron chi connectivity index (χ3n) is 1.45. The molecule has 0 heterocycles. The van der Waals surface area contributed by atoms with Gasteiger partial charge in [-0.15, -0.1) is 0 Å². The van der Waals surface area contributed by atoms with Crippen molar-refractivity contribution in [2.75, 3.05) is 19.5 Å². The minimum Gasteiger partial charge on any atom is -0.497 e. The molecule has 0 aromatic heterocycles. The van der Waals surface area contributed by atoms with E-state index in [0.29, 0.717) is 0 Å². The summed E-state index contributed by atoms with van der Waals surface area (Å²) in [5.74, 6) is 0.856. The summed E-state index contributed by atoms with van der Waals surface area (Å²) in [5, 5.41) is 3.00. The summed E-state index contributed by atoms with van der Waals surface area (Å²) in [6.07, 6.45) is 1.64. The number of nitrogens with one attached hydrogen (secondary N) is 1. The van der Waals surface area contributed by atoms with Crippen LogP contribution in [0.5, 0.6) is 5.75 Å². The molecule has 0 aliphatic heterocycles. The standard InChI is InChI=1S/C9H12N2O/c1-10-7-11-8-3-5-9(12-2)6-4-8/h3-7H,1-2H3,(H,10,11). The molecule has 0 radical (unpaired) electrons. The lowest BCUT2D eigenvalue weighted by molar-refractivity contribution is 0.415. The number of aliphatic imine (C=N–C) groups is 1. The third-order valence-corrected chi connectivity index (χ3v) is 1.45. The van der Waals surface area contributed by atoms with Crippen LogP contribution in [-0.4, -0.2) is 20.5 Å². The zero-order valence-electron chi connectivity index (χ0n) is 7.24. The third kappa shape index (κ3) is 2.27. The van der Waals surface area contributed by atoms with Gasteiger partial charge in [0.25, 0.3) is 0 Å². The number of nitrogens with zero attached hydrogens (tertiary/aromatic N) is 1. The van der Waals surface area contributed by atoms with Crippen LogP contribution in [0, 0.1) is 0 Å². The highest BCUT2D eigenvalue weighted by Crippen LogP contribution is 2.13. The van der Waals surface area contributed by atoms with Gasteiger partial charge < -0.3 is 10.1 Å². The SMILES string of the molecule is CN=CNc1ccc(OC)cc1. The van der Waals surface area contributed by atoms with Crippen LogP contribution in [0.3, 0.4) is 0 Å². The van der Waals surface area contributed by atoms with E-state index in [9.17, 15) is 0 Å². The molecule has 1 aromatic rings. The van der Waals surface area contributed by atoms with Gasteiger partial charge in [-0.3, -0.25) is 4.99 Å². The van der Waals surface area contributed by atoms with E-state index >= 15 is 0 Å². The summed E-state index contributed by atoms with van der Waals surface area (Å²) in [7, 11) is 3.37. The molecule has 0 saturated carbocycles. The molecule has 0 atom stereocenters. The van der Waals surface area contributed by atoms with Gasteiger partial charge in [-0.2, -0.15) is 0 Å². The van der Waals surface area contributed by atoms with Crippen molar-refractivity contribution in [1.82, 2.24) is 0 Å². The van der Waals surface area contributed by atoms with E-state index in [2.05, 4.69) is 10.3 Å². The summed E-state index contributed by atoms with van der Waals surface area (Å²) in [6.45, 7) is 0. The maximum atomic E-state index is 5.01. The van der Waals surface area contributed by atoms with Crippen molar-refractivity contribution in [3.05, 3.63) is 24.3 Å². The lowest BCUT2D eigenvalue weighted by atomic mass is 10.3. The minimum absolute atomic E-state index is 0.856. The molecule has 0 fully saturated rings. The van der Waals surface area contributed by atoms with E-state index < -0.39 is 0 Å². The Morgan fingerprint density at radius 3 is 2.50 bits per heavy atom. The largest absolute Gasteiger partial charge is 0.497 e. The number of rotatable bonds is 3. The average Bonchev–Trinajstić information content (AvgIpc) is 2.15. The van der Waals surface area contributed by atoms with E-state index in [1.165, 1.54) is 0 Å². The molecule has 12 heavy (non-hydrogen) atoms. The second-order valence-electron chi connectivity index (χ2n) is 2.26. The highest BCUT2D eigenvalue weighted by atomic mass is 16.5. The molecule has 64 valence electrons. The Kier molecular flexibility index (Phi) is 3.14. The number of anilines is 1. The highest BCUT2D eigenvalue weighted by Gasteiger charge is 1.89. The van der Waals surface area contributed by atoms with Crippen LogP contribution >= 0.6 is 0 Å². The van der Waals surface area contributed by atoms with Crippen molar-refractivity contribution in [2.45, 2.75) is 0 Å². The molecular weight excluding hydrogens is 152 g/mol.